The fourth-order valence-corrected chi connectivity index (χ4v) is 10.2. The molecule has 2 aliphatic carbocycles. The van der Waals surface area contributed by atoms with Gasteiger partial charge in [0.05, 0.1) is 25.5 Å². The van der Waals surface area contributed by atoms with E-state index in [2.05, 4.69) is 63.1 Å². The number of amides is 11. The van der Waals surface area contributed by atoms with Crippen molar-refractivity contribution in [2.24, 2.45) is 34.0 Å². The maximum absolute atomic E-state index is 14.2. The fraction of sp³-hybridized carbons (Fsp3) is 0.534. The van der Waals surface area contributed by atoms with Gasteiger partial charge in [-0.3, -0.25) is 62.5 Å². The summed E-state index contributed by atoms with van der Waals surface area (Å²) >= 11 is 0. The van der Waals surface area contributed by atoms with E-state index in [1.807, 2.05) is 24.3 Å². The van der Waals surface area contributed by atoms with Gasteiger partial charge in [-0.05, 0) is 73.8 Å². The van der Waals surface area contributed by atoms with Crippen LogP contribution in [0.5, 0.6) is 5.75 Å². The second-order valence-corrected chi connectivity index (χ2v) is 22.3. The number of nitrogens with one attached hydrogen (secondary N) is 11. The van der Waals surface area contributed by atoms with Crippen LogP contribution < -0.4 is 70.4 Å². The number of para-hydroxylation sites is 1. The van der Waals surface area contributed by atoms with Crippen LogP contribution in [0.1, 0.15) is 108 Å². The molecule has 0 spiro atoms. The molecule has 9 atom stereocenters. The number of H-pyrrole nitrogens is 1. The van der Waals surface area contributed by atoms with E-state index in [4.69, 9.17) is 17.2 Å². The quantitative estimate of drug-likeness (QED) is 0.0158. The molecular weight excluding hydrogens is 1150 g/mol. The molecule has 88 heavy (non-hydrogen) atoms. The summed E-state index contributed by atoms with van der Waals surface area (Å²) in [7, 11) is 1.49. The Morgan fingerprint density at radius 3 is 1.77 bits per heavy atom. The molecule has 2 saturated carbocycles. The minimum absolute atomic E-state index is 0.0345. The van der Waals surface area contributed by atoms with Gasteiger partial charge in [0.25, 0.3) is 0 Å². The predicted octanol–water partition coefficient (Wildman–Crippen LogP) is -3.03. The number of aromatic hydroxyl groups is 1. The van der Waals surface area contributed by atoms with Crippen molar-refractivity contribution in [1.29, 1.82) is 0 Å². The average molecular weight is 1230 g/mol. The van der Waals surface area contributed by atoms with Gasteiger partial charge in [-0.15, -0.1) is 0 Å². The van der Waals surface area contributed by atoms with E-state index in [-0.39, 0.29) is 68.6 Å². The van der Waals surface area contributed by atoms with Crippen LogP contribution >= 0.6 is 0 Å². The molecule has 30 heteroatoms. The van der Waals surface area contributed by atoms with Gasteiger partial charge in [0.2, 0.25) is 65.0 Å². The van der Waals surface area contributed by atoms with Crippen molar-refractivity contribution in [3.05, 3.63) is 65.9 Å². The maximum Gasteiger partial charge on any atom is 0.305 e. The van der Waals surface area contributed by atoms with Crippen molar-refractivity contribution in [1.82, 2.24) is 58.2 Å². The number of benzene rings is 2. The molecule has 1 heterocycles. The van der Waals surface area contributed by atoms with Gasteiger partial charge in [-0.2, -0.15) is 0 Å². The highest BCUT2D eigenvalue weighted by Gasteiger charge is 2.38. The smallest absolute Gasteiger partial charge is 0.305 e. The number of hydrogen-bond donors (Lipinski definition) is 17. The SMILES string of the molecule is CN=C(N)NCCC[C@H](NC(=O)[C@H](CC1CC1)NC(=O)CNC(=O)[C@H](CC1CCCCC1)NC(=O)[C@@H](NC(=O)[C@H](CC(N)=O)NC(=O)[C@H](CC(=O)O)NC(=O)[C@@H](Cc1ccc(O)cc1)NC(C)=O)[C@@H](C)O)C(=O)N[C@@H](Cc1c[nH]c2ccccc12)C(N)=O. The molecule has 0 radical (unpaired) electrons. The van der Waals surface area contributed by atoms with E-state index >= 15 is 0 Å². The van der Waals surface area contributed by atoms with Gasteiger partial charge < -0.3 is 90.7 Å². The number of aliphatic hydroxyl groups excluding tert-OH is 1. The third kappa shape index (κ3) is 23.2. The predicted molar refractivity (Wildman–Crippen MR) is 318 cm³/mol. The number of primary amides is 2. The molecular formula is C58H83N15O15. The van der Waals surface area contributed by atoms with Crippen molar-refractivity contribution < 1.29 is 72.9 Å². The summed E-state index contributed by atoms with van der Waals surface area (Å²) in [6.07, 6.45) is 3.90. The maximum atomic E-state index is 14.2. The molecule has 20 N–H and O–H groups in total. The number of nitrogens with zero attached hydrogens (tertiary/aromatic N) is 1. The van der Waals surface area contributed by atoms with E-state index in [1.54, 1.807) is 6.20 Å². The Labute approximate surface area is 507 Å². The van der Waals surface area contributed by atoms with Crippen LogP contribution in [-0.4, -0.2) is 172 Å². The minimum Gasteiger partial charge on any atom is -0.508 e. The first-order chi connectivity index (χ1) is 41.8. The summed E-state index contributed by atoms with van der Waals surface area (Å²) in [6, 6.07) is 0.840. The number of aromatic nitrogens is 1. The zero-order chi connectivity index (χ0) is 64.6. The fourth-order valence-electron chi connectivity index (χ4n) is 10.2. The number of carbonyl (C=O) groups is 12. The van der Waals surface area contributed by atoms with Gasteiger partial charge in [0.15, 0.2) is 5.96 Å². The van der Waals surface area contributed by atoms with Crippen LogP contribution in [0, 0.1) is 11.8 Å². The van der Waals surface area contributed by atoms with Gasteiger partial charge in [0.1, 0.15) is 54.1 Å². The highest BCUT2D eigenvalue weighted by Crippen LogP contribution is 2.34. The third-order valence-electron chi connectivity index (χ3n) is 15.1. The number of aliphatic hydroxyl groups is 1. The number of phenolic OH excluding ortho intramolecular Hbond substituents is 1. The lowest BCUT2D eigenvalue weighted by molar-refractivity contribution is -0.142. The largest absolute Gasteiger partial charge is 0.508 e. The number of aromatic amines is 1. The normalized spacial score (nSPS) is 16.4. The van der Waals surface area contributed by atoms with Gasteiger partial charge >= 0.3 is 5.97 Å². The zero-order valence-electron chi connectivity index (χ0n) is 49.5. The van der Waals surface area contributed by atoms with Gasteiger partial charge in [-0.1, -0.05) is 75.3 Å². The molecule has 30 nitrogen and oxygen atoms in total. The zero-order valence-corrected chi connectivity index (χ0v) is 49.5. The van der Waals surface area contributed by atoms with E-state index in [1.165, 1.54) is 31.3 Å². The Hall–Kier alpha value is -9.35. The van der Waals surface area contributed by atoms with Crippen LogP contribution in [0.15, 0.2) is 59.7 Å². The molecule has 3 aromatic rings. The number of carboxylic acid groups (broad SMARTS) is 1. The van der Waals surface area contributed by atoms with E-state index in [0.717, 1.165) is 56.9 Å². The monoisotopic (exact) mass is 1230 g/mol. The van der Waals surface area contributed by atoms with E-state index < -0.39 is 145 Å². The first-order valence-corrected chi connectivity index (χ1v) is 29.2. The standard InChI is InChI=1S/C58H83N15O15/c1-30(74)49(73-56(87)44(26-46(59)77)70-55(86)45(27-48(79)80)71-53(84)42(66-31(2)75)23-34-17-19-36(76)20-18-34)57(88)72-41(22-32-10-5-4-6-11-32)51(82)65-29-47(78)67-43(24-33-15-16-33)54(85)68-39(14-9-21-63-58(61)62-3)52(83)69-40(50(60)81)25-35-28-64-38-13-8-7-12-37(35)38/h7-8,12-13,17-20,28,30,32-33,39-45,49,64,74,76H,4-6,9-11,14-16,21-27,29H2,1-3H3,(H2,59,77)(H2,60,81)(H,65,82)(H,66,75)(H,67,78)(H,68,85)(H,69,83)(H,70,86)(H,71,84)(H,72,88)(H,73,87)(H,79,80)(H3,61,62,63)/t30-,39+,40+,41+,42-,43+,44+,45+,49+/m1/s1. The van der Waals surface area contributed by atoms with E-state index in [0.29, 0.717) is 24.0 Å². The summed E-state index contributed by atoms with van der Waals surface area (Å²) in [6.45, 7) is 1.79. The molecule has 0 bridgehead atoms. The third-order valence-corrected chi connectivity index (χ3v) is 15.1. The van der Waals surface area contributed by atoms with Crippen LogP contribution in [0.25, 0.3) is 10.9 Å². The Morgan fingerprint density at radius 1 is 0.614 bits per heavy atom. The Kier molecular flexibility index (Phi) is 26.9. The lowest BCUT2D eigenvalue weighted by Gasteiger charge is -2.29. The van der Waals surface area contributed by atoms with E-state index in [9.17, 15) is 72.9 Å². The molecule has 2 aromatic carbocycles. The van der Waals surface area contributed by atoms with Crippen LogP contribution in [0.3, 0.4) is 0 Å². The summed E-state index contributed by atoms with van der Waals surface area (Å²) in [4.78, 5) is 167. The van der Waals surface area contributed by atoms with Crippen molar-refractivity contribution in [3.8, 4) is 5.75 Å². The summed E-state index contributed by atoms with van der Waals surface area (Å²) in [5.74, 6) is -12.0. The number of rotatable bonds is 35. The molecule has 0 saturated heterocycles. The van der Waals surface area contributed by atoms with Gasteiger partial charge in [-0.25, -0.2) is 0 Å². The molecule has 480 valence electrons. The molecule has 11 amide bonds. The number of hydrogen-bond acceptors (Lipinski definition) is 15. The molecule has 0 unspecified atom stereocenters. The van der Waals surface area contributed by atoms with Crippen LogP contribution in [-0.2, 0) is 70.4 Å². The second-order valence-electron chi connectivity index (χ2n) is 22.3. The van der Waals surface area contributed by atoms with Gasteiger partial charge in [0, 0.05) is 50.5 Å². The highest BCUT2D eigenvalue weighted by atomic mass is 16.4. The first kappa shape index (κ1) is 69.4. The number of carbonyl (C=O) groups excluding carboxylic acids is 11. The number of carboxylic acids is 1. The first-order valence-electron chi connectivity index (χ1n) is 29.2. The molecule has 2 aliphatic rings. The Morgan fingerprint density at radius 2 is 1.17 bits per heavy atom. The molecule has 5 rings (SSSR count). The average Bonchev–Trinajstić information content (AvgIpc) is 4.42. The summed E-state index contributed by atoms with van der Waals surface area (Å²) < 4.78 is 0. The van der Waals surface area contributed by atoms with Crippen molar-refractivity contribution in [2.75, 3.05) is 20.1 Å². The molecule has 1 aromatic heterocycles. The summed E-state index contributed by atoms with van der Waals surface area (Å²) in [5.41, 5.74) is 19.0. The van der Waals surface area contributed by atoms with Crippen molar-refractivity contribution in [3.63, 3.8) is 0 Å². The van der Waals surface area contributed by atoms with Crippen LogP contribution in [0.4, 0.5) is 0 Å². The number of phenols is 1. The highest BCUT2D eigenvalue weighted by molar-refractivity contribution is 6.00. The lowest BCUT2D eigenvalue weighted by atomic mass is 9.84. The number of aliphatic imine (C=N–C) groups is 1. The van der Waals surface area contributed by atoms with Crippen LogP contribution in [0.2, 0.25) is 0 Å². The topological polar surface area (TPSA) is 492 Å². The van der Waals surface area contributed by atoms with Crippen molar-refractivity contribution >= 4 is 87.8 Å². The minimum atomic E-state index is -1.94. The second kappa shape index (κ2) is 34.1. The number of nitrogens with two attached hydrogens (primary N) is 3. The Balaban J connectivity index is 1.27. The summed E-state index contributed by atoms with van der Waals surface area (Å²) in [5, 5.41) is 56.2. The molecule has 0 aliphatic heterocycles. The number of fused-ring (bicyclic) bond motifs is 1. The number of aliphatic carboxylic acids is 1. The lowest BCUT2D eigenvalue weighted by Crippen LogP contribution is -2.62. The molecule has 2 fully saturated rings. The number of guanidine groups is 1. The van der Waals surface area contributed by atoms with Crippen molar-refractivity contribution in [2.45, 2.75) is 165 Å². The Bertz CT molecular complexity index is 3000.